The van der Waals surface area contributed by atoms with Crippen molar-refractivity contribution < 1.29 is 0 Å². The van der Waals surface area contributed by atoms with Gasteiger partial charge in [0.05, 0.1) is 0 Å². The van der Waals surface area contributed by atoms with Crippen LogP contribution in [0.4, 0.5) is 0 Å². The van der Waals surface area contributed by atoms with Crippen LogP contribution in [0, 0.1) is 23.7 Å². The summed E-state index contributed by atoms with van der Waals surface area (Å²) in [5.41, 5.74) is 2.67. The number of aryl methyl sites for hydroxylation is 1. The molecule has 0 unspecified atom stereocenters. The summed E-state index contributed by atoms with van der Waals surface area (Å²) in [6.07, 6.45) is 20.4. The molecule has 0 bridgehead atoms. The summed E-state index contributed by atoms with van der Waals surface area (Å²) in [5, 5.41) is 0. The van der Waals surface area contributed by atoms with Gasteiger partial charge in [0, 0.05) is 0 Å². The van der Waals surface area contributed by atoms with Crippen LogP contribution < -0.4 is 0 Å². The summed E-state index contributed by atoms with van der Waals surface area (Å²) < 4.78 is 0. The van der Waals surface area contributed by atoms with E-state index in [1.165, 1.54) is 68.9 Å². The van der Waals surface area contributed by atoms with E-state index in [9.17, 15) is 0 Å². The second kappa shape index (κ2) is 11.8. The third-order valence-electron chi connectivity index (χ3n) is 5.41. The summed E-state index contributed by atoms with van der Waals surface area (Å²) in [6, 6.07) is 8.88. The van der Waals surface area contributed by atoms with Crippen molar-refractivity contribution in [1.29, 1.82) is 0 Å². The van der Waals surface area contributed by atoms with Gasteiger partial charge in [0.1, 0.15) is 0 Å². The Bertz CT molecular complexity index is 583. The highest BCUT2D eigenvalue weighted by molar-refractivity contribution is 5.53. The fourth-order valence-electron chi connectivity index (χ4n) is 3.58. The van der Waals surface area contributed by atoms with E-state index in [0.717, 1.165) is 11.8 Å². The molecule has 0 radical (unpaired) electrons. The predicted octanol–water partition coefficient (Wildman–Crippen LogP) is 7.21. The van der Waals surface area contributed by atoms with Gasteiger partial charge >= 0.3 is 0 Å². The lowest BCUT2D eigenvalue weighted by Crippen LogP contribution is -2.11. The van der Waals surface area contributed by atoms with Crippen molar-refractivity contribution in [2.45, 2.75) is 71.6 Å². The zero-order valence-electron chi connectivity index (χ0n) is 16.1. The second-order valence-corrected chi connectivity index (χ2v) is 7.37. The Morgan fingerprint density at radius 1 is 0.920 bits per heavy atom. The third-order valence-corrected chi connectivity index (χ3v) is 5.41. The van der Waals surface area contributed by atoms with E-state index in [1.54, 1.807) is 0 Å². The molecule has 25 heavy (non-hydrogen) atoms. The van der Waals surface area contributed by atoms with Crippen molar-refractivity contribution in [3.05, 3.63) is 53.6 Å². The molecule has 0 heterocycles. The molecule has 134 valence electrons. The molecule has 0 amide bonds. The topological polar surface area (TPSA) is 0 Å². The Hall–Kier alpha value is -1.74. The highest BCUT2D eigenvalue weighted by Gasteiger charge is 2.17. The molecule has 1 aromatic rings. The molecule has 0 spiro atoms. The van der Waals surface area contributed by atoms with Crippen molar-refractivity contribution in [1.82, 2.24) is 0 Å². The van der Waals surface area contributed by atoms with Crippen molar-refractivity contribution >= 4 is 6.08 Å². The van der Waals surface area contributed by atoms with Crippen LogP contribution in [-0.4, -0.2) is 0 Å². The Labute approximate surface area is 155 Å². The van der Waals surface area contributed by atoms with Gasteiger partial charge in [0.2, 0.25) is 0 Å². The smallest absolute Gasteiger partial charge is 0.0109 e. The SMILES string of the molecule is CCCCCc1ccc(/C=C/C#C/C=C/C2CCC(CC)CC2)cc1. The normalized spacial score (nSPS) is 20.7. The minimum Gasteiger partial charge on any atom is -0.0730 e. The fraction of sp³-hybridized carbons (Fsp3) is 0.520. The second-order valence-electron chi connectivity index (χ2n) is 7.37. The van der Waals surface area contributed by atoms with Gasteiger partial charge in [-0.1, -0.05) is 75.3 Å². The average molecular weight is 335 g/mol. The van der Waals surface area contributed by atoms with Gasteiger partial charge in [0.25, 0.3) is 0 Å². The molecule has 1 fully saturated rings. The first-order valence-electron chi connectivity index (χ1n) is 10.2. The van der Waals surface area contributed by atoms with Gasteiger partial charge in [-0.3, -0.25) is 0 Å². The lowest BCUT2D eigenvalue weighted by atomic mass is 9.81. The Morgan fingerprint density at radius 2 is 1.64 bits per heavy atom. The molecular weight excluding hydrogens is 300 g/mol. The van der Waals surface area contributed by atoms with Crippen LogP contribution in [0.5, 0.6) is 0 Å². The Balaban J connectivity index is 1.72. The number of benzene rings is 1. The summed E-state index contributed by atoms with van der Waals surface area (Å²) >= 11 is 0. The van der Waals surface area contributed by atoms with Gasteiger partial charge in [0.15, 0.2) is 0 Å². The first kappa shape index (κ1) is 19.6. The summed E-state index contributed by atoms with van der Waals surface area (Å²) in [5.74, 6) is 8.01. The molecule has 1 aliphatic rings. The molecular formula is C25H34. The van der Waals surface area contributed by atoms with Crippen molar-refractivity contribution in [3.8, 4) is 11.8 Å². The van der Waals surface area contributed by atoms with Gasteiger partial charge in [-0.25, -0.2) is 0 Å². The number of hydrogen-bond acceptors (Lipinski definition) is 0. The van der Waals surface area contributed by atoms with Crippen LogP contribution in [0.15, 0.2) is 42.5 Å². The molecule has 1 aromatic carbocycles. The van der Waals surface area contributed by atoms with E-state index in [1.807, 2.05) is 6.08 Å². The fourth-order valence-corrected chi connectivity index (χ4v) is 3.58. The van der Waals surface area contributed by atoms with Gasteiger partial charge < -0.3 is 0 Å². The van der Waals surface area contributed by atoms with Crippen LogP contribution in [-0.2, 0) is 6.42 Å². The molecule has 1 saturated carbocycles. The van der Waals surface area contributed by atoms with Crippen LogP contribution in [0.25, 0.3) is 6.08 Å². The lowest BCUT2D eigenvalue weighted by Gasteiger charge is -2.25. The Morgan fingerprint density at radius 3 is 2.32 bits per heavy atom. The zero-order chi connectivity index (χ0) is 17.7. The highest BCUT2D eigenvalue weighted by Crippen LogP contribution is 2.31. The van der Waals surface area contributed by atoms with Crippen molar-refractivity contribution in [3.63, 3.8) is 0 Å². The predicted molar refractivity (Wildman–Crippen MR) is 111 cm³/mol. The number of allylic oxidation sites excluding steroid dienone is 3. The molecule has 0 aromatic heterocycles. The minimum absolute atomic E-state index is 0.751. The maximum atomic E-state index is 3.16. The lowest BCUT2D eigenvalue weighted by molar-refractivity contribution is 0.304. The molecule has 1 aliphatic carbocycles. The minimum atomic E-state index is 0.751. The van der Waals surface area contributed by atoms with Crippen LogP contribution in [0.1, 0.15) is 76.3 Å². The van der Waals surface area contributed by atoms with E-state index >= 15 is 0 Å². The molecule has 0 heteroatoms. The van der Waals surface area contributed by atoms with Gasteiger partial charge in [-0.15, -0.1) is 0 Å². The van der Waals surface area contributed by atoms with E-state index in [2.05, 4.69) is 68.2 Å². The van der Waals surface area contributed by atoms with E-state index in [-0.39, 0.29) is 0 Å². The quantitative estimate of drug-likeness (QED) is 0.365. The molecule has 0 aliphatic heterocycles. The summed E-state index contributed by atoms with van der Waals surface area (Å²) in [7, 11) is 0. The third kappa shape index (κ3) is 7.78. The molecule has 0 N–H and O–H groups in total. The average Bonchev–Trinajstić information content (AvgIpc) is 2.66. The monoisotopic (exact) mass is 334 g/mol. The van der Waals surface area contributed by atoms with Gasteiger partial charge in [-0.2, -0.15) is 0 Å². The summed E-state index contributed by atoms with van der Waals surface area (Å²) in [6.45, 7) is 4.57. The first-order valence-corrected chi connectivity index (χ1v) is 10.2. The number of hydrogen-bond donors (Lipinski definition) is 0. The van der Waals surface area contributed by atoms with Crippen LogP contribution >= 0.6 is 0 Å². The zero-order valence-corrected chi connectivity index (χ0v) is 16.1. The van der Waals surface area contributed by atoms with E-state index < -0.39 is 0 Å². The number of rotatable bonds is 7. The number of unbranched alkanes of at least 4 members (excludes halogenated alkanes) is 2. The molecule has 0 atom stereocenters. The highest BCUT2D eigenvalue weighted by atomic mass is 14.2. The van der Waals surface area contributed by atoms with E-state index in [0.29, 0.717) is 0 Å². The standard InChI is InChI=1S/C25H34/c1-3-5-8-11-23-18-20-25(21-19-23)13-10-7-6-9-12-24-16-14-22(4-2)15-17-24/h9-10,12-13,18-22,24H,3-5,8,11,14-17H2,1-2H3/b12-9+,13-10+. The van der Waals surface area contributed by atoms with E-state index in [4.69, 9.17) is 0 Å². The first-order chi connectivity index (χ1) is 12.3. The van der Waals surface area contributed by atoms with Crippen LogP contribution in [0.2, 0.25) is 0 Å². The Kier molecular flexibility index (Phi) is 9.21. The van der Waals surface area contributed by atoms with Gasteiger partial charge in [-0.05, 0) is 79.7 Å². The summed E-state index contributed by atoms with van der Waals surface area (Å²) in [4.78, 5) is 0. The largest absolute Gasteiger partial charge is 0.0730 e. The van der Waals surface area contributed by atoms with Crippen molar-refractivity contribution in [2.24, 2.45) is 11.8 Å². The maximum Gasteiger partial charge on any atom is -0.0109 e. The molecule has 0 nitrogen and oxygen atoms in total. The molecule has 2 rings (SSSR count). The molecule has 0 saturated heterocycles. The van der Waals surface area contributed by atoms with Crippen LogP contribution in [0.3, 0.4) is 0 Å². The van der Waals surface area contributed by atoms with Crippen molar-refractivity contribution in [2.75, 3.05) is 0 Å². The maximum absolute atomic E-state index is 3.16.